The van der Waals surface area contributed by atoms with Crippen LogP contribution in [0.15, 0.2) is 4.34 Å². The van der Waals surface area contributed by atoms with Crippen LogP contribution in [0.1, 0.15) is 32.5 Å². The third kappa shape index (κ3) is 4.95. The average molecular weight is 245 g/mol. The molecule has 15 heavy (non-hydrogen) atoms. The summed E-state index contributed by atoms with van der Waals surface area (Å²) >= 11 is 3.29. The van der Waals surface area contributed by atoms with Gasteiger partial charge in [0.05, 0.1) is 0 Å². The minimum Gasteiger partial charge on any atom is -0.330 e. The lowest BCUT2D eigenvalue weighted by Gasteiger charge is -2.21. The van der Waals surface area contributed by atoms with E-state index >= 15 is 0 Å². The molecule has 0 aliphatic rings. The van der Waals surface area contributed by atoms with Gasteiger partial charge in [0.25, 0.3) is 0 Å². The molecule has 0 aromatic carbocycles. The first-order valence-corrected chi connectivity index (χ1v) is 6.92. The fourth-order valence-corrected chi connectivity index (χ4v) is 2.81. The Morgan fingerprint density at radius 2 is 2.20 bits per heavy atom. The number of nitrogens with two attached hydrogens (primary N) is 1. The fraction of sp³-hybridized carbons (Fsp3) is 0.800. The molecule has 0 fully saturated rings. The Labute approximate surface area is 100 Å². The summed E-state index contributed by atoms with van der Waals surface area (Å²) in [4.78, 5) is 4.31. The van der Waals surface area contributed by atoms with E-state index in [0.717, 1.165) is 22.5 Å². The highest BCUT2D eigenvalue weighted by molar-refractivity contribution is 8.00. The lowest BCUT2D eigenvalue weighted by Crippen LogP contribution is -2.23. The molecule has 1 aromatic heterocycles. The maximum Gasteiger partial charge on any atom is 0.170 e. The van der Waals surface area contributed by atoms with Crippen LogP contribution in [0, 0.1) is 12.3 Å². The molecule has 2 N–H and O–H groups in total. The van der Waals surface area contributed by atoms with Gasteiger partial charge in [-0.2, -0.15) is 4.37 Å². The van der Waals surface area contributed by atoms with Gasteiger partial charge in [-0.05, 0) is 43.3 Å². The maximum atomic E-state index is 5.68. The van der Waals surface area contributed by atoms with Gasteiger partial charge < -0.3 is 5.73 Å². The van der Waals surface area contributed by atoms with E-state index in [1.54, 1.807) is 11.8 Å². The monoisotopic (exact) mass is 245 g/mol. The topological polar surface area (TPSA) is 51.8 Å². The van der Waals surface area contributed by atoms with Crippen LogP contribution in [0.5, 0.6) is 0 Å². The van der Waals surface area contributed by atoms with Gasteiger partial charge >= 0.3 is 0 Å². The molecule has 0 radical (unpaired) electrons. The first-order chi connectivity index (χ1) is 7.03. The molecule has 0 atom stereocenters. The molecule has 3 nitrogen and oxygen atoms in total. The third-order valence-electron chi connectivity index (χ3n) is 2.28. The zero-order chi connectivity index (χ0) is 11.3. The summed E-state index contributed by atoms with van der Waals surface area (Å²) in [5, 5.41) is 0. The molecule has 1 heterocycles. The van der Waals surface area contributed by atoms with Gasteiger partial charge in [0.15, 0.2) is 4.34 Å². The van der Waals surface area contributed by atoms with Crippen LogP contribution in [0.4, 0.5) is 0 Å². The predicted octanol–water partition coefficient (Wildman–Crippen LogP) is 2.70. The number of aromatic nitrogens is 2. The molecule has 86 valence electrons. The first-order valence-electron chi connectivity index (χ1n) is 5.17. The van der Waals surface area contributed by atoms with E-state index in [1.165, 1.54) is 24.4 Å². The summed E-state index contributed by atoms with van der Waals surface area (Å²) in [6.45, 7) is 7.12. The van der Waals surface area contributed by atoms with Crippen LogP contribution in [-0.2, 0) is 0 Å². The smallest absolute Gasteiger partial charge is 0.170 e. The van der Waals surface area contributed by atoms with Crippen molar-refractivity contribution in [3.8, 4) is 0 Å². The molecule has 0 saturated carbocycles. The van der Waals surface area contributed by atoms with Crippen LogP contribution in [0.25, 0.3) is 0 Å². The molecule has 1 aromatic rings. The van der Waals surface area contributed by atoms with E-state index in [1.807, 2.05) is 6.92 Å². The van der Waals surface area contributed by atoms with Crippen molar-refractivity contribution in [2.45, 2.75) is 38.0 Å². The van der Waals surface area contributed by atoms with Gasteiger partial charge in [-0.1, -0.05) is 25.6 Å². The highest BCUT2D eigenvalue weighted by atomic mass is 32.2. The van der Waals surface area contributed by atoms with E-state index < -0.39 is 0 Å². The van der Waals surface area contributed by atoms with Crippen molar-refractivity contribution in [3.63, 3.8) is 0 Å². The quantitative estimate of drug-likeness (QED) is 0.618. The van der Waals surface area contributed by atoms with Crippen molar-refractivity contribution in [2.24, 2.45) is 11.1 Å². The van der Waals surface area contributed by atoms with Gasteiger partial charge in [0.2, 0.25) is 0 Å². The fourth-order valence-electron chi connectivity index (χ4n) is 1.15. The third-order valence-corrected chi connectivity index (χ3v) is 4.30. The Balaban J connectivity index is 2.17. The molecular weight excluding hydrogens is 226 g/mol. The van der Waals surface area contributed by atoms with E-state index in [4.69, 9.17) is 5.73 Å². The molecule has 0 amide bonds. The Kier molecular flexibility index (Phi) is 5.02. The van der Waals surface area contributed by atoms with Crippen molar-refractivity contribution < 1.29 is 0 Å². The van der Waals surface area contributed by atoms with Crippen molar-refractivity contribution >= 4 is 23.3 Å². The van der Waals surface area contributed by atoms with Crippen LogP contribution in [0.2, 0.25) is 0 Å². The Morgan fingerprint density at radius 3 is 2.73 bits per heavy atom. The standard InChI is InChI=1S/C10H19N3S2/c1-8-12-9(15-13-8)14-6-4-5-10(2,3)7-11/h4-7,11H2,1-3H3. The number of rotatable bonds is 6. The molecule has 0 aliphatic carbocycles. The first kappa shape index (κ1) is 12.9. The molecule has 0 bridgehead atoms. The van der Waals surface area contributed by atoms with Gasteiger partial charge in [-0.3, -0.25) is 0 Å². The molecule has 5 heteroatoms. The number of hydrogen-bond donors (Lipinski definition) is 1. The van der Waals surface area contributed by atoms with Crippen LogP contribution in [-0.4, -0.2) is 21.7 Å². The van der Waals surface area contributed by atoms with Crippen molar-refractivity contribution in [3.05, 3.63) is 5.82 Å². The normalized spacial score (nSPS) is 12.0. The molecule has 0 aliphatic heterocycles. The van der Waals surface area contributed by atoms with E-state index in [9.17, 15) is 0 Å². The van der Waals surface area contributed by atoms with E-state index in [2.05, 4.69) is 23.2 Å². The van der Waals surface area contributed by atoms with Crippen LogP contribution >= 0.6 is 23.3 Å². The minimum absolute atomic E-state index is 0.275. The molecule has 0 unspecified atom stereocenters. The van der Waals surface area contributed by atoms with Gasteiger partial charge in [-0.15, -0.1) is 0 Å². The largest absolute Gasteiger partial charge is 0.330 e. The van der Waals surface area contributed by atoms with Gasteiger partial charge in [-0.25, -0.2) is 4.98 Å². The van der Waals surface area contributed by atoms with Crippen molar-refractivity contribution in [1.29, 1.82) is 0 Å². The molecular formula is C10H19N3S2. The molecule has 0 saturated heterocycles. The lowest BCUT2D eigenvalue weighted by molar-refractivity contribution is 0.345. The highest BCUT2D eigenvalue weighted by Crippen LogP contribution is 2.25. The molecule has 0 spiro atoms. The Hall–Kier alpha value is -0.130. The second-order valence-electron chi connectivity index (χ2n) is 4.43. The minimum atomic E-state index is 0.275. The summed E-state index contributed by atoms with van der Waals surface area (Å²) < 4.78 is 5.23. The highest BCUT2D eigenvalue weighted by Gasteiger charge is 2.14. The average Bonchev–Trinajstić information content (AvgIpc) is 2.59. The van der Waals surface area contributed by atoms with Crippen LogP contribution in [0.3, 0.4) is 0 Å². The summed E-state index contributed by atoms with van der Waals surface area (Å²) in [5.74, 6) is 1.99. The van der Waals surface area contributed by atoms with Crippen molar-refractivity contribution in [2.75, 3.05) is 12.3 Å². The Bertz CT molecular complexity index is 297. The number of hydrogen-bond acceptors (Lipinski definition) is 5. The van der Waals surface area contributed by atoms with Gasteiger partial charge in [0.1, 0.15) is 5.82 Å². The van der Waals surface area contributed by atoms with Crippen LogP contribution < -0.4 is 5.73 Å². The number of thioether (sulfide) groups is 1. The molecule has 1 rings (SSSR count). The number of aryl methyl sites for hydroxylation is 1. The predicted molar refractivity (Wildman–Crippen MR) is 67.4 cm³/mol. The zero-order valence-electron chi connectivity index (χ0n) is 9.62. The second kappa shape index (κ2) is 5.82. The number of nitrogens with zero attached hydrogens (tertiary/aromatic N) is 2. The second-order valence-corrected chi connectivity index (χ2v) is 6.52. The van der Waals surface area contributed by atoms with Crippen molar-refractivity contribution in [1.82, 2.24) is 9.36 Å². The summed E-state index contributed by atoms with van der Waals surface area (Å²) in [7, 11) is 0. The zero-order valence-corrected chi connectivity index (χ0v) is 11.2. The Morgan fingerprint density at radius 1 is 1.47 bits per heavy atom. The SMILES string of the molecule is Cc1nsc(SCCCC(C)(C)CN)n1. The van der Waals surface area contributed by atoms with E-state index in [-0.39, 0.29) is 5.41 Å². The summed E-state index contributed by atoms with van der Waals surface area (Å²) in [6.07, 6.45) is 2.36. The van der Waals surface area contributed by atoms with Gasteiger partial charge in [0, 0.05) is 5.75 Å². The van der Waals surface area contributed by atoms with E-state index in [0.29, 0.717) is 0 Å². The summed E-state index contributed by atoms with van der Waals surface area (Å²) in [5.41, 5.74) is 5.95. The summed E-state index contributed by atoms with van der Waals surface area (Å²) in [6, 6.07) is 0. The lowest BCUT2D eigenvalue weighted by atomic mass is 9.88. The maximum absolute atomic E-state index is 5.68.